The van der Waals surface area contributed by atoms with E-state index in [1.807, 2.05) is 18.2 Å². The van der Waals surface area contributed by atoms with Gasteiger partial charge in [0.25, 0.3) is 0 Å². The lowest BCUT2D eigenvalue weighted by Gasteiger charge is -2.17. The van der Waals surface area contributed by atoms with Crippen molar-refractivity contribution in [1.29, 1.82) is 0 Å². The number of rotatable bonds is 4. The molecule has 0 atom stereocenters. The van der Waals surface area contributed by atoms with Crippen molar-refractivity contribution < 1.29 is 9.47 Å². The lowest BCUT2D eigenvalue weighted by molar-refractivity contribution is 0.395. The summed E-state index contributed by atoms with van der Waals surface area (Å²) in [4.78, 5) is 4.67. The summed E-state index contributed by atoms with van der Waals surface area (Å²) in [5.74, 6) is 1.79. The number of fused-ring (bicyclic) bond motifs is 3. The van der Waals surface area contributed by atoms with Crippen LogP contribution in [0.5, 0.6) is 11.5 Å². The highest BCUT2D eigenvalue weighted by atomic mass is 35.5. The minimum Gasteiger partial charge on any atom is -0.497 e. The van der Waals surface area contributed by atoms with Crippen LogP contribution in [-0.2, 0) is 13.0 Å². The zero-order chi connectivity index (χ0) is 20.0. The topological polar surface area (TPSA) is 83.4 Å². The third-order valence-electron chi connectivity index (χ3n) is 5.05. The number of nitrogens with two attached hydrogens (primary N) is 2. The van der Waals surface area contributed by atoms with E-state index in [0.717, 1.165) is 44.8 Å². The predicted molar refractivity (Wildman–Crippen MR) is 113 cm³/mol. The number of methoxy groups -OCH3 is 2. The number of aromatic nitrogens is 1. The Morgan fingerprint density at radius 3 is 2.50 bits per heavy atom. The number of halogens is 2. The Bertz CT molecular complexity index is 1100. The molecule has 4 rings (SSSR count). The SMILES string of the molecule is COc1cc2c(c(OC)c1)-c1nc(N)c(CN)c(-c3ccc(Cl)cc3Cl)c1C2. The molecule has 0 spiro atoms. The lowest BCUT2D eigenvalue weighted by atomic mass is 9.93. The molecule has 1 aliphatic carbocycles. The van der Waals surface area contributed by atoms with E-state index in [4.69, 9.17) is 44.1 Å². The van der Waals surface area contributed by atoms with Crippen molar-refractivity contribution in [3.05, 3.63) is 57.1 Å². The zero-order valence-corrected chi connectivity index (χ0v) is 17.0. The summed E-state index contributed by atoms with van der Waals surface area (Å²) in [6.45, 7) is 0.247. The van der Waals surface area contributed by atoms with Gasteiger partial charge in [0.05, 0.1) is 19.9 Å². The lowest BCUT2D eigenvalue weighted by Crippen LogP contribution is -2.09. The van der Waals surface area contributed by atoms with Crippen LogP contribution in [-0.4, -0.2) is 19.2 Å². The first-order chi connectivity index (χ1) is 13.5. The summed E-state index contributed by atoms with van der Waals surface area (Å²) in [5.41, 5.74) is 18.6. The summed E-state index contributed by atoms with van der Waals surface area (Å²) < 4.78 is 11.0. The van der Waals surface area contributed by atoms with Crippen LogP contribution in [0.4, 0.5) is 5.82 Å². The van der Waals surface area contributed by atoms with Gasteiger partial charge in [-0.05, 0) is 34.9 Å². The largest absolute Gasteiger partial charge is 0.497 e. The van der Waals surface area contributed by atoms with Crippen LogP contribution in [0.3, 0.4) is 0 Å². The van der Waals surface area contributed by atoms with E-state index >= 15 is 0 Å². The summed E-state index contributed by atoms with van der Waals surface area (Å²) >= 11 is 12.6. The number of ether oxygens (including phenoxy) is 2. The summed E-state index contributed by atoms with van der Waals surface area (Å²) in [6.07, 6.45) is 0.646. The van der Waals surface area contributed by atoms with Gasteiger partial charge >= 0.3 is 0 Å². The molecule has 0 amide bonds. The molecule has 0 fully saturated rings. The number of anilines is 1. The van der Waals surface area contributed by atoms with E-state index < -0.39 is 0 Å². The Balaban J connectivity index is 2.04. The zero-order valence-electron chi connectivity index (χ0n) is 15.5. The highest BCUT2D eigenvalue weighted by molar-refractivity contribution is 6.36. The number of nitrogen functional groups attached to an aromatic ring is 1. The van der Waals surface area contributed by atoms with Crippen LogP contribution >= 0.6 is 23.2 Å². The molecule has 3 aromatic rings. The van der Waals surface area contributed by atoms with E-state index in [-0.39, 0.29) is 6.54 Å². The summed E-state index contributed by atoms with van der Waals surface area (Å²) in [5, 5.41) is 1.10. The molecule has 1 aliphatic rings. The van der Waals surface area contributed by atoms with Gasteiger partial charge in [-0.2, -0.15) is 0 Å². The number of hydrogen-bond donors (Lipinski definition) is 2. The van der Waals surface area contributed by atoms with Gasteiger partial charge < -0.3 is 20.9 Å². The second-order valence-electron chi connectivity index (χ2n) is 6.55. The van der Waals surface area contributed by atoms with E-state index in [2.05, 4.69) is 4.98 Å². The van der Waals surface area contributed by atoms with Gasteiger partial charge in [-0.25, -0.2) is 4.98 Å². The molecule has 0 radical (unpaired) electrons. The van der Waals surface area contributed by atoms with Gasteiger partial charge in [0.2, 0.25) is 0 Å². The summed E-state index contributed by atoms with van der Waals surface area (Å²) in [7, 11) is 3.26. The van der Waals surface area contributed by atoms with Gasteiger partial charge in [-0.15, -0.1) is 0 Å². The van der Waals surface area contributed by atoms with E-state index in [0.29, 0.717) is 28.0 Å². The molecule has 0 bridgehead atoms. The quantitative estimate of drug-likeness (QED) is 0.505. The van der Waals surface area contributed by atoms with Gasteiger partial charge in [0.15, 0.2) is 0 Å². The van der Waals surface area contributed by atoms with E-state index in [9.17, 15) is 0 Å². The first kappa shape index (κ1) is 18.9. The average molecular weight is 416 g/mol. The smallest absolute Gasteiger partial charge is 0.132 e. The minimum absolute atomic E-state index is 0.247. The fourth-order valence-electron chi connectivity index (χ4n) is 3.81. The molecule has 144 valence electrons. The maximum atomic E-state index is 6.53. The molecule has 2 aromatic carbocycles. The fraction of sp³-hybridized carbons (Fsp3) is 0.190. The number of hydrogen-bond acceptors (Lipinski definition) is 5. The van der Waals surface area contributed by atoms with Crippen molar-refractivity contribution in [1.82, 2.24) is 4.98 Å². The first-order valence-corrected chi connectivity index (χ1v) is 9.46. The summed E-state index contributed by atoms with van der Waals surface area (Å²) in [6, 6.07) is 9.24. The molecule has 0 saturated carbocycles. The number of nitrogens with zero attached hydrogens (tertiary/aromatic N) is 1. The second kappa shape index (κ2) is 7.17. The van der Waals surface area contributed by atoms with Crippen LogP contribution in [0.2, 0.25) is 10.0 Å². The molecule has 0 saturated heterocycles. The van der Waals surface area contributed by atoms with Crippen LogP contribution < -0.4 is 20.9 Å². The highest BCUT2D eigenvalue weighted by Gasteiger charge is 2.30. The third-order valence-corrected chi connectivity index (χ3v) is 5.60. The average Bonchev–Trinajstić information content (AvgIpc) is 3.04. The second-order valence-corrected chi connectivity index (χ2v) is 7.39. The van der Waals surface area contributed by atoms with Crippen LogP contribution in [0.25, 0.3) is 22.4 Å². The van der Waals surface area contributed by atoms with Crippen molar-refractivity contribution in [2.45, 2.75) is 13.0 Å². The molecule has 4 N–H and O–H groups in total. The number of benzene rings is 2. The monoisotopic (exact) mass is 415 g/mol. The first-order valence-electron chi connectivity index (χ1n) is 8.70. The molecule has 5 nitrogen and oxygen atoms in total. The van der Waals surface area contributed by atoms with Crippen molar-refractivity contribution >= 4 is 29.0 Å². The third kappa shape index (κ3) is 2.87. The Morgan fingerprint density at radius 2 is 1.86 bits per heavy atom. The van der Waals surface area contributed by atoms with Gasteiger partial charge in [0.1, 0.15) is 17.3 Å². The van der Waals surface area contributed by atoms with Crippen molar-refractivity contribution in [2.75, 3.05) is 20.0 Å². The normalized spacial score (nSPS) is 11.9. The Labute approximate surface area is 173 Å². The van der Waals surface area contributed by atoms with Crippen LogP contribution in [0.15, 0.2) is 30.3 Å². The highest BCUT2D eigenvalue weighted by Crippen LogP contribution is 2.49. The maximum Gasteiger partial charge on any atom is 0.132 e. The van der Waals surface area contributed by atoms with E-state index in [1.165, 1.54) is 0 Å². The standard InChI is InChI=1S/C21H19Cl2N3O2/c1-27-12-5-10-6-14-19(13-4-3-11(22)7-16(13)23)15(9-24)21(25)26-20(14)18(10)17(8-12)28-2/h3-5,7-8H,6,9,24H2,1-2H3,(H2,25,26). The minimum atomic E-state index is 0.247. The van der Waals surface area contributed by atoms with E-state index in [1.54, 1.807) is 26.4 Å². The Morgan fingerprint density at radius 1 is 1.07 bits per heavy atom. The molecule has 7 heteroatoms. The van der Waals surface area contributed by atoms with Crippen molar-refractivity contribution in [3.8, 4) is 33.9 Å². The molecule has 1 heterocycles. The molecular formula is C21H19Cl2N3O2. The fourth-order valence-corrected chi connectivity index (χ4v) is 4.31. The molecule has 1 aromatic heterocycles. The maximum absolute atomic E-state index is 6.53. The van der Waals surface area contributed by atoms with Crippen LogP contribution in [0, 0.1) is 0 Å². The Hall–Kier alpha value is -2.47. The van der Waals surface area contributed by atoms with Gasteiger partial charge in [0, 0.05) is 45.8 Å². The van der Waals surface area contributed by atoms with Crippen molar-refractivity contribution in [2.24, 2.45) is 5.73 Å². The van der Waals surface area contributed by atoms with Crippen LogP contribution in [0.1, 0.15) is 16.7 Å². The number of pyridine rings is 1. The molecule has 0 aliphatic heterocycles. The molecule has 0 unspecified atom stereocenters. The van der Waals surface area contributed by atoms with Gasteiger partial charge in [-0.3, -0.25) is 0 Å². The van der Waals surface area contributed by atoms with Crippen molar-refractivity contribution in [3.63, 3.8) is 0 Å². The van der Waals surface area contributed by atoms with Gasteiger partial charge in [-0.1, -0.05) is 29.3 Å². The molecule has 28 heavy (non-hydrogen) atoms. The predicted octanol–water partition coefficient (Wildman–Crippen LogP) is 4.68. The Kier molecular flexibility index (Phi) is 4.83. The molecular weight excluding hydrogens is 397 g/mol.